The first-order valence-electron chi connectivity index (χ1n) is 11.9. The molecule has 8 nitrogen and oxygen atoms in total. The smallest absolute Gasteiger partial charge is 0.341 e. The van der Waals surface area contributed by atoms with Gasteiger partial charge in [0.15, 0.2) is 0 Å². The van der Waals surface area contributed by atoms with Crippen molar-refractivity contribution in [2.45, 2.75) is 37.5 Å². The second kappa shape index (κ2) is 12.1. The van der Waals surface area contributed by atoms with Crippen LogP contribution in [0.1, 0.15) is 61.3 Å². The molecule has 3 N–H and O–H groups in total. The fourth-order valence-electron chi connectivity index (χ4n) is 4.11. The van der Waals surface area contributed by atoms with E-state index in [1.165, 1.54) is 35.2 Å². The van der Waals surface area contributed by atoms with Crippen molar-refractivity contribution in [3.63, 3.8) is 0 Å². The summed E-state index contributed by atoms with van der Waals surface area (Å²) < 4.78 is 5.25. The summed E-state index contributed by atoms with van der Waals surface area (Å²) in [6, 6.07) is 12.9. The molecule has 4 rings (SSSR count). The zero-order chi connectivity index (χ0) is 26.4. The summed E-state index contributed by atoms with van der Waals surface area (Å²) >= 11 is 2.73. The van der Waals surface area contributed by atoms with E-state index in [4.69, 9.17) is 4.74 Å². The van der Waals surface area contributed by atoms with E-state index in [0.29, 0.717) is 16.3 Å². The molecule has 0 aliphatic heterocycles. The lowest BCUT2D eigenvalue weighted by Gasteiger charge is -2.12. The van der Waals surface area contributed by atoms with Gasteiger partial charge in [0.1, 0.15) is 5.00 Å². The molecule has 1 aliphatic rings. The Balaban J connectivity index is 1.41. The number of fused-ring (bicyclic) bond motifs is 1. The number of hydrogen-bond donors (Lipinski definition) is 3. The van der Waals surface area contributed by atoms with Crippen molar-refractivity contribution in [1.82, 2.24) is 0 Å². The second-order valence-corrected chi connectivity index (χ2v) is 10.5. The largest absolute Gasteiger partial charge is 0.478 e. The maximum absolute atomic E-state index is 12.8. The van der Waals surface area contributed by atoms with E-state index in [2.05, 4.69) is 10.6 Å². The summed E-state index contributed by atoms with van der Waals surface area (Å²) in [6.45, 7) is 2.02. The van der Waals surface area contributed by atoms with Crippen molar-refractivity contribution in [3.8, 4) is 0 Å². The van der Waals surface area contributed by atoms with Crippen LogP contribution in [0.25, 0.3) is 0 Å². The molecular formula is C27H26N2O6S2. The van der Waals surface area contributed by atoms with Crippen LogP contribution < -0.4 is 10.6 Å². The molecule has 0 atom stereocenters. The normalized spacial score (nSPS) is 12.4. The van der Waals surface area contributed by atoms with Crippen molar-refractivity contribution < 1.29 is 29.0 Å². The Labute approximate surface area is 222 Å². The predicted octanol–water partition coefficient (Wildman–Crippen LogP) is 5.48. The predicted molar refractivity (Wildman–Crippen MR) is 144 cm³/mol. The number of anilines is 2. The van der Waals surface area contributed by atoms with Crippen molar-refractivity contribution >= 4 is 57.5 Å². The molecule has 0 saturated carbocycles. The molecule has 2 amide bonds. The number of benzene rings is 2. The average molecular weight is 539 g/mol. The molecule has 10 heteroatoms. The van der Waals surface area contributed by atoms with Gasteiger partial charge in [0.05, 0.1) is 29.1 Å². The van der Waals surface area contributed by atoms with E-state index in [-0.39, 0.29) is 29.4 Å². The molecule has 0 unspecified atom stereocenters. The molecule has 0 radical (unpaired) electrons. The van der Waals surface area contributed by atoms with Crippen LogP contribution >= 0.6 is 23.1 Å². The number of aryl methyl sites for hydroxylation is 1. The Morgan fingerprint density at radius 1 is 1.00 bits per heavy atom. The van der Waals surface area contributed by atoms with Gasteiger partial charge >= 0.3 is 11.9 Å². The minimum atomic E-state index is -1.18. The number of hydrogen-bond acceptors (Lipinski definition) is 7. The number of rotatable bonds is 9. The van der Waals surface area contributed by atoms with Crippen molar-refractivity contribution in [3.05, 3.63) is 75.7 Å². The summed E-state index contributed by atoms with van der Waals surface area (Å²) in [5.74, 6) is -2.27. The summed E-state index contributed by atoms with van der Waals surface area (Å²) in [5.41, 5.74) is 1.92. The summed E-state index contributed by atoms with van der Waals surface area (Å²) in [5, 5.41) is 15.5. The van der Waals surface area contributed by atoms with Crippen LogP contribution in [0, 0.1) is 0 Å². The summed E-state index contributed by atoms with van der Waals surface area (Å²) in [6.07, 6.45) is 3.77. The summed E-state index contributed by atoms with van der Waals surface area (Å²) in [4.78, 5) is 51.3. The molecule has 0 saturated heterocycles. The Kier molecular flexibility index (Phi) is 8.62. The molecule has 0 bridgehead atoms. The number of thioether (sulfide) groups is 1. The van der Waals surface area contributed by atoms with Crippen molar-refractivity contribution in [2.75, 3.05) is 23.0 Å². The molecular weight excluding hydrogens is 512 g/mol. The Morgan fingerprint density at radius 3 is 2.51 bits per heavy atom. The molecule has 192 valence electrons. The van der Waals surface area contributed by atoms with Crippen molar-refractivity contribution in [2.24, 2.45) is 0 Å². The van der Waals surface area contributed by atoms with Crippen LogP contribution in [-0.4, -0.2) is 41.2 Å². The number of carboxylic acids is 1. The zero-order valence-electron chi connectivity index (χ0n) is 20.2. The number of carbonyl (C=O) groups excluding carboxylic acids is 3. The minimum absolute atomic E-state index is 0.0588. The first-order valence-corrected chi connectivity index (χ1v) is 13.7. The van der Waals surface area contributed by atoms with Crippen LogP contribution in [0.2, 0.25) is 0 Å². The third kappa shape index (κ3) is 6.39. The van der Waals surface area contributed by atoms with Gasteiger partial charge in [0.2, 0.25) is 5.91 Å². The second-order valence-electron chi connectivity index (χ2n) is 8.31. The maximum atomic E-state index is 12.8. The first-order chi connectivity index (χ1) is 17.9. The molecule has 2 aromatic carbocycles. The molecule has 1 aliphatic carbocycles. The van der Waals surface area contributed by atoms with Gasteiger partial charge in [0.25, 0.3) is 5.91 Å². The molecule has 1 aromatic heterocycles. The van der Waals surface area contributed by atoms with Crippen LogP contribution in [0.3, 0.4) is 0 Å². The highest BCUT2D eigenvalue weighted by molar-refractivity contribution is 8.00. The van der Waals surface area contributed by atoms with Gasteiger partial charge in [-0.3, -0.25) is 9.59 Å². The highest BCUT2D eigenvalue weighted by Gasteiger charge is 2.27. The number of carbonyl (C=O) groups is 4. The van der Waals surface area contributed by atoms with Gasteiger partial charge in [-0.15, -0.1) is 23.1 Å². The number of esters is 1. The van der Waals surface area contributed by atoms with E-state index >= 15 is 0 Å². The highest BCUT2D eigenvalue weighted by atomic mass is 32.2. The Bertz CT molecular complexity index is 1350. The van der Waals surface area contributed by atoms with Gasteiger partial charge in [-0.05, 0) is 68.5 Å². The lowest BCUT2D eigenvalue weighted by molar-refractivity contribution is -0.113. The van der Waals surface area contributed by atoms with Crippen LogP contribution in [0.5, 0.6) is 0 Å². The van der Waals surface area contributed by atoms with Crippen LogP contribution in [0.15, 0.2) is 53.4 Å². The number of amides is 2. The number of carboxylic acid groups (broad SMARTS) is 1. The van der Waals surface area contributed by atoms with E-state index in [1.807, 2.05) is 6.07 Å². The third-order valence-electron chi connectivity index (χ3n) is 5.77. The molecule has 0 fully saturated rings. The van der Waals surface area contributed by atoms with Gasteiger partial charge in [-0.25, -0.2) is 9.59 Å². The topological polar surface area (TPSA) is 122 Å². The fourth-order valence-corrected chi connectivity index (χ4v) is 6.16. The standard InChI is InChI=1S/C27H26N2O6S2/c1-2-35-27(34)23-20-12-5-6-13-21(20)37-25(23)29-22(30)15-36-17-9-7-8-16(14-17)28-24(31)18-10-3-4-11-19(18)26(32)33/h3-4,7-11,14H,2,5-6,12-13,15H2,1H3,(H,28,31)(H,29,30)(H,32,33). The lowest BCUT2D eigenvalue weighted by atomic mass is 9.95. The molecule has 1 heterocycles. The van der Waals surface area contributed by atoms with Crippen LogP contribution in [0.4, 0.5) is 10.7 Å². The van der Waals surface area contributed by atoms with Crippen molar-refractivity contribution in [1.29, 1.82) is 0 Å². The van der Waals surface area contributed by atoms with Gasteiger partial charge in [-0.1, -0.05) is 18.2 Å². The number of thiophene rings is 1. The van der Waals surface area contributed by atoms with E-state index < -0.39 is 17.8 Å². The van der Waals surface area contributed by atoms with Crippen LogP contribution in [-0.2, 0) is 22.4 Å². The maximum Gasteiger partial charge on any atom is 0.341 e. The Morgan fingerprint density at radius 2 is 1.76 bits per heavy atom. The number of aromatic carboxylic acids is 1. The first kappa shape index (κ1) is 26.4. The lowest BCUT2D eigenvalue weighted by Crippen LogP contribution is -2.17. The SMILES string of the molecule is CCOC(=O)c1c(NC(=O)CSc2cccc(NC(=O)c3ccccc3C(=O)O)c2)sc2c1CCCC2. The molecule has 3 aromatic rings. The molecule has 37 heavy (non-hydrogen) atoms. The van der Waals surface area contributed by atoms with Gasteiger partial charge < -0.3 is 20.5 Å². The molecule has 0 spiro atoms. The fraction of sp³-hybridized carbons (Fsp3) is 0.259. The number of nitrogens with one attached hydrogen (secondary N) is 2. The van der Waals surface area contributed by atoms with Gasteiger partial charge in [-0.2, -0.15) is 0 Å². The average Bonchev–Trinajstić information content (AvgIpc) is 3.25. The van der Waals surface area contributed by atoms with E-state index in [0.717, 1.165) is 41.0 Å². The third-order valence-corrected chi connectivity index (χ3v) is 7.97. The monoisotopic (exact) mass is 538 g/mol. The Hall–Kier alpha value is -3.63. The number of ether oxygens (including phenoxy) is 1. The van der Waals surface area contributed by atoms with E-state index in [9.17, 15) is 24.3 Å². The zero-order valence-corrected chi connectivity index (χ0v) is 21.8. The van der Waals surface area contributed by atoms with Gasteiger partial charge in [0, 0.05) is 15.5 Å². The minimum Gasteiger partial charge on any atom is -0.478 e. The summed E-state index contributed by atoms with van der Waals surface area (Å²) in [7, 11) is 0. The quantitative estimate of drug-likeness (QED) is 0.243. The highest BCUT2D eigenvalue weighted by Crippen LogP contribution is 2.38. The van der Waals surface area contributed by atoms with E-state index in [1.54, 1.807) is 37.3 Å².